The number of carbonyl (C=O) groups is 2. The van der Waals surface area contributed by atoms with E-state index in [2.05, 4.69) is 5.32 Å². The number of nitrogens with one attached hydrogen (secondary N) is 2. The fourth-order valence-corrected chi connectivity index (χ4v) is 2.99. The van der Waals surface area contributed by atoms with Crippen molar-refractivity contribution < 1.29 is 29.4 Å². The smallest absolute Gasteiger partial charge is 0.412 e. The minimum atomic E-state index is -0.918. The Hall–Kier alpha value is -3.01. The zero-order chi connectivity index (χ0) is 21.9. The van der Waals surface area contributed by atoms with Crippen LogP contribution in [0, 0.1) is 0 Å². The summed E-state index contributed by atoms with van der Waals surface area (Å²) in [4.78, 5) is 25.0. The van der Waals surface area contributed by atoms with Crippen LogP contribution in [0.4, 0.5) is 10.5 Å². The molecule has 2 atom stereocenters. The topological polar surface area (TPSA) is 117 Å². The van der Waals surface area contributed by atoms with E-state index in [4.69, 9.17) is 14.7 Å². The van der Waals surface area contributed by atoms with Gasteiger partial charge < -0.3 is 14.6 Å². The van der Waals surface area contributed by atoms with Crippen LogP contribution in [-0.4, -0.2) is 41.3 Å². The number of benzene rings is 2. The van der Waals surface area contributed by atoms with E-state index in [1.807, 2.05) is 18.4 Å². The first kappa shape index (κ1) is 23.3. The lowest BCUT2D eigenvalue weighted by molar-refractivity contribution is -0.124. The largest absolute Gasteiger partial charge is 0.508 e. The second-order valence-electron chi connectivity index (χ2n) is 6.03. The normalized spacial score (nSPS) is 12.9. The fraction of sp³-hybridized carbons (Fsp3) is 0.238. The Balaban J connectivity index is 2.24. The molecule has 30 heavy (non-hydrogen) atoms. The second-order valence-corrected chi connectivity index (χ2v) is 6.91. The van der Waals surface area contributed by atoms with Gasteiger partial charge in [0.25, 0.3) is 5.91 Å². The van der Waals surface area contributed by atoms with E-state index in [0.29, 0.717) is 11.3 Å². The van der Waals surface area contributed by atoms with Gasteiger partial charge in [0.05, 0.1) is 0 Å². The minimum Gasteiger partial charge on any atom is -0.508 e. The summed E-state index contributed by atoms with van der Waals surface area (Å²) in [5.74, 6) is -0.693. The van der Waals surface area contributed by atoms with Crippen LogP contribution in [0.2, 0.25) is 0 Å². The highest BCUT2D eigenvalue weighted by Gasteiger charge is 2.26. The van der Waals surface area contributed by atoms with Gasteiger partial charge in [0, 0.05) is 23.3 Å². The highest BCUT2D eigenvalue weighted by Crippen LogP contribution is 2.27. The molecule has 160 valence electrons. The first-order valence-corrected chi connectivity index (χ1v) is 10.3. The van der Waals surface area contributed by atoms with Crippen LogP contribution in [0.1, 0.15) is 18.6 Å². The van der Waals surface area contributed by atoms with Crippen molar-refractivity contribution >= 4 is 29.4 Å². The molecule has 4 N–H and O–H groups in total. The molecule has 0 saturated carbocycles. The van der Waals surface area contributed by atoms with Gasteiger partial charge >= 0.3 is 6.09 Å². The number of rotatable bonds is 9. The maximum atomic E-state index is 12.5. The zero-order valence-corrected chi connectivity index (χ0v) is 17.4. The standard InChI is InChI=1S/C21H24N2O6S/c1-3-28-18(12-13-19(25)23-27)20(14-4-8-16(24)9-5-14)29-21(26)22-15-6-10-17(30-2)11-7-15/h4-13,18,20,24,27H,3H2,1-2H3,(H,22,26)(H,23,25)/b13-12+/t18-,20-/m1/s1. The van der Waals surface area contributed by atoms with Crippen molar-refractivity contribution in [3.63, 3.8) is 0 Å². The summed E-state index contributed by atoms with van der Waals surface area (Å²) in [5.41, 5.74) is 2.61. The second kappa shape index (κ2) is 11.9. The third-order valence-electron chi connectivity index (χ3n) is 4.00. The van der Waals surface area contributed by atoms with Crippen molar-refractivity contribution in [2.45, 2.75) is 24.0 Å². The van der Waals surface area contributed by atoms with Gasteiger partial charge in [-0.2, -0.15) is 0 Å². The van der Waals surface area contributed by atoms with Crippen molar-refractivity contribution in [2.24, 2.45) is 0 Å². The van der Waals surface area contributed by atoms with Crippen LogP contribution in [0.5, 0.6) is 5.75 Å². The van der Waals surface area contributed by atoms with Gasteiger partial charge in [-0.25, -0.2) is 10.3 Å². The molecule has 2 amide bonds. The molecule has 2 rings (SSSR count). The lowest BCUT2D eigenvalue weighted by Crippen LogP contribution is -2.28. The molecule has 0 aromatic heterocycles. The molecule has 0 heterocycles. The van der Waals surface area contributed by atoms with Crippen LogP contribution in [-0.2, 0) is 14.3 Å². The van der Waals surface area contributed by atoms with E-state index in [0.717, 1.165) is 11.0 Å². The van der Waals surface area contributed by atoms with Crippen LogP contribution in [0.15, 0.2) is 65.6 Å². The number of aromatic hydroxyl groups is 1. The monoisotopic (exact) mass is 432 g/mol. The SMILES string of the molecule is CCO[C@H](/C=C/C(=O)NO)[C@H](OC(=O)Nc1ccc(SC)cc1)c1ccc(O)cc1. The number of amides is 2. The van der Waals surface area contributed by atoms with E-state index in [9.17, 15) is 14.7 Å². The number of hydrogen-bond acceptors (Lipinski definition) is 7. The molecule has 0 unspecified atom stereocenters. The van der Waals surface area contributed by atoms with Gasteiger partial charge in [0.1, 0.15) is 11.9 Å². The predicted octanol–water partition coefficient (Wildman–Crippen LogP) is 3.87. The number of anilines is 1. The number of carbonyl (C=O) groups excluding carboxylic acids is 2. The quantitative estimate of drug-likeness (QED) is 0.206. The third kappa shape index (κ3) is 7.11. The Morgan fingerprint density at radius 2 is 1.80 bits per heavy atom. The van der Waals surface area contributed by atoms with Gasteiger partial charge in [-0.3, -0.25) is 15.3 Å². The van der Waals surface area contributed by atoms with Crippen LogP contribution in [0.25, 0.3) is 0 Å². The van der Waals surface area contributed by atoms with E-state index < -0.39 is 24.2 Å². The van der Waals surface area contributed by atoms with Crippen molar-refractivity contribution in [1.29, 1.82) is 0 Å². The Labute approximate surface area is 178 Å². The molecule has 9 heteroatoms. The highest BCUT2D eigenvalue weighted by molar-refractivity contribution is 7.98. The molecule has 0 spiro atoms. The Morgan fingerprint density at radius 1 is 1.13 bits per heavy atom. The maximum Gasteiger partial charge on any atom is 0.412 e. The Kier molecular flexibility index (Phi) is 9.20. The summed E-state index contributed by atoms with van der Waals surface area (Å²) in [5, 5.41) is 20.9. The molecule has 0 saturated heterocycles. The van der Waals surface area contributed by atoms with Crippen molar-refractivity contribution in [3.05, 3.63) is 66.2 Å². The van der Waals surface area contributed by atoms with Crippen LogP contribution < -0.4 is 10.8 Å². The van der Waals surface area contributed by atoms with Crippen molar-refractivity contribution in [1.82, 2.24) is 5.48 Å². The summed E-state index contributed by atoms with van der Waals surface area (Å²) >= 11 is 1.59. The molecule has 0 aliphatic rings. The number of hydrogen-bond donors (Lipinski definition) is 4. The molecule has 8 nitrogen and oxygen atoms in total. The van der Waals surface area contributed by atoms with E-state index in [1.54, 1.807) is 43.0 Å². The number of phenols is 1. The summed E-state index contributed by atoms with van der Waals surface area (Å²) in [6.45, 7) is 2.04. The minimum absolute atomic E-state index is 0.0546. The first-order valence-electron chi connectivity index (χ1n) is 9.11. The van der Waals surface area contributed by atoms with E-state index >= 15 is 0 Å². The highest BCUT2D eigenvalue weighted by atomic mass is 32.2. The summed E-state index contributed by atoms with van der Waals surface area (Å²) in [6.07, 6.45) is 1.97. The molecular formula is C21H24N2O6S. The van der Waals surface area contributed by atoms with E-state index in [1.165, 1.54) is 23.7 Å². The molecule has 2 aromatic carbocycles. The Bertz CT molecular complexity index is 855. The molecule has 0 aliphatic heterocycles. The third-order valence-corrected chi connectivity index (χ3v) is 4.74. The van der Waals surface area contributed by atoms with Crippen molar-refractivity contribution in [2.75, 3.05) is 18.2 Å². The number of ether oxygens (including phenoxy) is 2. The number of phenolic OH excluding ortho intramolecular Hbond substituents is 1. The average Bonchev–Trinajstić information content (AvgIpc) is 2.76. The van der Waals surface area contributed by atoms with Crippen LogP contribution >= 0.6 is 11.8 Å². The van der Waals surface area contributed by atoms with Gasteiger partial charge in [-0.15, -0.1) is 11.8 Å². The molecule has 0 radical (unpaired) electrons. The summed E-state index contributed by atoms with van der Waals surface area (Å²) in [7, 11) is 0. The fourth-order valence-electron chi connectivity index (χ4n) is 2.58. The zero-order valence-electron chi connectivity index (χ0n) is 16.6. The van der Waals surface area contributed by atoms with Crippen molar-refractivity contribution in [3.8, 4) is 5.75 Å². The van der Waals surface area contributed by atoms with Gasteiger partial charge in [-0.1, -0.05) is 12.1 Å². The maximum absolute atomic E-state index is 12.5. The first-order chi connectivity index (χ1) is 14.5. The van der Waals surface area contributed by atoms with Gasteiger partial charge in [-0.05, 0) is 61.2 Å². The lowest BCUT2D eigenvalue weighted by atomic mass is 10.0. The number of thioether (sulfide) groups is 1. The predicted molar refractivity (Wildman–Crippen MR) is 114 cm³/mol. The summed E-state index contributed by atoms with van der Waals surface area (Å²) < 4.78 is 11.3. The molecule has 0 bridgehead atoms. The van der Waals surface area contributed by atoms with E-state index in [-0.39, 0.29) is 12.4 Å². The summed E-state index contributed by atoms with van der Waals surface area (Å²) in [6, 6.07) is 13.4. The van der Waals surface area contributed by atoms with Crippen LogP contribution in [0.3, 0.4) is 0 Å². The number of hydroxylamine groups is 1. The molecule has 2 aromatic rings. The Morgan fingerprint density at radius 3 is 2.37 bits per heavy atom. The van der Waals surface area contributed by atoms with Gasteiger partial charge in [0.15, 0.2) is 6.10 Å². The lowest BCUT2D eigenvalue weighted by Gasteiger charge is -2.25. The molecular weight excluding hydrogens is 408 g/mol. The molecule has 0 aliphatic carbocycles. The average molecular weight is 432 g/mol. The van der Waals surface area contributed by atoms with Gasteiger partial charge in [0.2, 0.25) is 0 Å². The molecule has 0 fully saturated rings.